The van der Waals surface area contributed by atoms with E-state index in [1.807, 2.05) is 42.5 Å². The van der Waals surface area contributed by atoms with E-state index in [-0.39, 0.29) is 5.78 Å². The van der Waals surface area contributed by atoms with Gasteiger partial charge < -0.3 is 4.74 Å². The van der Waals surface area contributed by atoms with Gasteiger partial charge in [-0.2, -0.15) is 0 Å². The summed E-state index contributed by atoms with van der Waals surface area (Å²) >= 11 is 0. The number of ether oxygens (including phenoxy) is 1. The lowest BCUT2D eigenvalue weighted by Gasteiger charge is -2.34. The van der Waals surface area contributed by atoms with Crippen molar-refractivity contribution in [1.29, 1.82) is 0 Å². The van der Waals surface area contributed by atoms with Gasteiger partial charge >= 0.3 is 0 Å². The summed E-state index contributed by atoms with van der Waals surface area (Å²) in [4.78, 5) is 13.0. The van der Waals surface area contributed by atoms with Gasteiger partial charge in [-0.3, -0.25) is 4.79 Å². The van der Waals surface area contributed by atoms with Crippen LogP contribution in [0.1, 0.15) is 42.5 Å². The number of hydrogen-bond donors (Lipinski definition) is 0. The number of ketones is 1. The lowest BCUT2D eigenvalue weighted by Crippen LogP contribution is -2.42. The maximum absolute atomic E-state index is 13.0. The summed E-state index contributed by atoms with van der Waals surface area (Å²) in [6, 6.07) is 14.0. The molecule has 2 aromatic rings. The third-order valence-corrected chi connectivity index (χ3v) is 4.50. The van der Waals surface area contributed by atoms with Gasteiger partial charge in [0.25, 0.3) is 0 Å². The molecule has 104 valence electrons. The summed E-state index contributed by atoms with van der Waals surface area (Å²) in [6.45, 7) is 0. The molecule has 0 spiro atoms. The van der Waals surface area contributed by atoms with E-state index < -0.39 is 5.60 Å². The maximum atomic E-state index is 13.0. The molecule has 2 nitrogen and oxygen atoms in total. The third kappa shape index (κ3) is 2.14. The van der Waals surface area contributed by atoms with Crippen LogP contribution < -0.4 is 0 Å². The second kappa shape index (κ2) is 5.37. The molecule has 1 saturated carbocycles. The molecule has 0 amide bonds. The van der Waals surface area contributed by atoms with Crippen LogP contribution in [0.15, 0.2) is 42.5 Å². The molecule has 0 unspecified atom stereocenters. The van der Waals surface area contributed by atoms with Crippen LogP contribution in [0.2, 0.25) is 0 Å². The lowest BCUT2D eigenvalue weighted by molar-refractivity contribution is -0.0192. The van der Waals surface area contributed by atoms with E-state index in [1.165, 1.54) is 6.42 Å². The Labute approximate surface area is 119 Å². The summed E-state index contributed by atoms with van der Waals surface area (Å²) in [5.74, 6) is 0.150. The molecule has 0 atom stereocenters. The molecule has 2 aromatic carbocycles. The third-order valence-electron chi connectivity index (χ3n) is 4.50. The second-order valence-corrected chi connectivity index (χ2v) is 5.61. The van der Waals surface area contributed by atoms with E-state index in [1.54, 1.807) is 7.11 Å². The molecule has 1 fully saturated rings. The van der Waals surface area contributed by atoms with E-state index in [0.717, 1.165) is 42.0 Å². The SMILES string of the molecule is COC1(C(=O)c2cccc3ccccc23)CCCCC1. The quantitative estimate of drug-likeness (QED) is 0.772. The maximum Gasteiger partial charge on any atom is 0.195 e. The molecule has 0 saturated heterocycles. The summed E-state index contributed by atoms with van der Waals surface area (Å²) in [7, 11) is 1.67. The highest BCUT2D eigenvalue weighted by Crippen LogP contribution is 2.35. The van der Waals surface area contributed by atoms with Gasteiger partial charge in [0.2, 0.25) is 0 Å². The van der Waals surface area contributed by atoms with Crippen molar-refractivity contribution in [3.63, 3.8) is 0 Å². The van der Waals surface area contributed by atoms with Crippen molar-refractivity contribution in [3.05, 3.63) is 48.0 Å². The largest absolute Gasteiger partial charge is 0.370 e. The van der Waals surface area contributed by atoms with Crippen LogP contribution in [0, 0.1) is 0 Å². The van der Waals surface area contributed by atoms with E-state index in [2.05, 4.69) is 0 Å². The normalized spacial score (nSPS) is 18.1. The standard InChI is InChI=1S/C18H20O2/c1-20-18(12-5-2-6-13-18)17(19)16-11-7-9-14-8-3-4-10-15(14)16/h3-4,7-11H,2,5-6,12-13H2,1H3. The first-order valence-corrected chi connectivity index (χ1v) is 7.34. The van der Waals surface area contributed by atoms with Crippen LogP contribution in [0.3, 0.4) is 0 Å². The molecule has 20 heavy (non-hydrogen) atoms. The van der Waals surface area contributed by atoms with Crippen LogP contribution >= 0.6 is 0 Å². The lowest BCUT2D eigenvalue weighted by atomic mass is 9.78. The van der Waals surface area contributed by atoms with Crippen molar-refractivity contribution < 1.29 is 9.53 Å². The van der Waals surface area contributed by atoms with Crippen LogP contribution in [0.4, 0.5) is 0 Å². The summed E-state index contributed by atoms with van der Waals surface area (Å²) < 4.78 is 5.69. The van der Waals surface area contributed by atoms with Crippen LogP contribution in [-0.2, 0) is 4.74 Å². The van der Waals surface area contributed by atoms with Gasteiger partial charge in [-0.25, -0.2) is 0 Å². The predicted octanol–water partition coefficient (Wildman–Crippen LogP) is 4.37. The number of carbonyl (C=O) groups is 1. The van der Waals surface area contributed by atoms with E-state index in [4.69, 9.17) is 4.74 Å². The number of fused-ring (bicyclic) bond motifs is 1. The Morgan fingerprint density at radius 1 is 1.00 bits per heavy atom. The zero-order valence-corrected chi connectivity index (χ0v) is 11.9. The number of carbonyl (C=O) groups excluding carboxylic acids is 1. The highest BCUT2D eigenvalue weighted by Gasteiger charge is 2.40. The number of hydrogen-bond acceptors (Lipinski definition) is 2. The fourth-order valence-electron chi connectivity index (χ4n) is 3.32. The monoisotopic (exact) mass is 268 g/mol. The molecule has 0 N–H and O–H groups in total. The molecule has 0 aliphatic heterocycles. The van der Waals surface area contributed by atoms with Crippen LogP contribution in [0.5, 0.6) is 0 Å². The van der Waals surface area contributed by atoms with Gasteiger partial charge in [0, 0.05) is 12.7 Å². The molecule has 3 rings (SSSR count). The Morgan fingerprint density at radius 3 is 2.45 bits per heavy atom. The molecular formula is C18H20O2. The van der Waals surface area contributed by atoms with Crippen molar-refractivity contribution in [3.8, 4) is 0 Å². The van der Waals surface area contributed by atoms with Crippen molar-refractivity contribution in [1.82, 2.24) is 0 Å². The second-order valence-electron chi connectivity index (χ2n) is 5.61. The van der Waals surface area contributed by atoms with E-state index in [9.17, 15) is 4.79 Å². The Bertz CT molecular complexity index is 619. The molecule has 0 radical (unpaired) electrons. The summed E-state index contributed by atoms with van der Waals surface area (Å²) in [5, 5.41) is 2.14. The van der Waals surface area contributed by atoms with Gasteiger partial charge in [-0.1, -0.05) is 61.7 Å². The highest BCUT2D eigenvalue weighted by atomic mass is 16.5. The van der Waals surface area contributed by atoms with Crippen molar-refractivity contribution in [2.24, 2.45) is 0 Å². The minimum Gasteiger partial charge on any atom is -0.370 e. The number of rotatable bonds is 3. The zero-order chi connectivity index (χ0) is 14.0. The minimum atomic E-state index is -0.609. The van der Waals surface area contributed by atoms with Gasteiger partial charge in [0.05, 0.1) is 0 Å². The average molecular weight is 268 g/mol. The van der Waals surface area contributed by atoms with Crippen molar-refractivity contribution in [2.75, 3.05) is 7.11 Å². The molecule has 0 aromatic heterocycles. The van der Waals surface area contributed by atoms with Crippen LogP contribution in [-0.4, -0.2) is 18.5 Å². The number of benzene rings is 2. The van der Waals surface area contributed by atoms with Crippen molar-refractivity contribution in [2.45, 2.75) is 37.7 Å². The first-order chi connectivity index (χ1) is 9.77. The van der Waals surface area contributed by atoms with Gasteiger partial charge in [0.15, 0.2) is 5.78 Å². The Balaban J connectivity index is 2.08. The molecule has 1 aliphatic rings. The summed E-state index contributed by atoms with van der Waals surface area (Å²) in [6.07, 6.45) is 5.03. The minimum absolute atomic E-state index is 0.150. The predicted molar refractivity (Wildman–Crippen MR) is 81.1 cm³/mol. The Kier molecular flexibility index (Phi) is 3.58. The van der Waals surface area contributed by atoms with Gasteiger partial charge in [-0.05, 0) is 23.6 Å². The zero-order valence-electron chi connectivity index (χ0n) is 11.9. The topological polar surface area (TPSA) is 26.3 Å². The molecule has 0 heterocycles. The van der Waals surface area contributed by atoms with Crippen molar-refractivity contribution >= 4 is 16.6 Å². The molecule has 0 bridgehead atoms. The number of methoxy groups -OCH3 is 1. The smallest absolute Gasteiger partial charge is 0.195 e. The van der Waals surface area contributed by atoms with Gasteiger partial charge in [-0.15, -0.1) is 0 Å². The first-order valence-electron chi connectivity index (χ1n) is 7.34. The fourth-order valence-corrected chi connectivity index (χ4v) is 3.32. The van der Waals surface area contributed by atoms with Gasteiger partial charge in [0.1, 0.15) is 5.60 Å². The molecular weight excluding hydrogens is 248 g/mol. The van der Waals surface area contributed by atoms with E-state index in [0.29, 0.717) is 0 Å². The Hall–Kier alpha value is -1.67. The first kappa shape index (κ1) is 13.3. The average Bonchev–Trinajstić information content (AvgIpc) is 2.54. The molecule has 1 aliphatic carbocycles. The van der Waals surface area contributed by atoms with E-state index >= 15 is 0 Å². The number of Topliss-reactive ketones (excluding diaryl/α,β-unsaturated/α-hetero) is 1. The highest BCUT2D eigenvalue weighted by molar-refractivity contribution is 6.12. The Morgan fingerprint density at radius 2 is 1.70 bits per heavy atom. The summed E-state index contributed by atoms with van der Waals surface area (Å²) in [5.41, 5.74) is 0.189. The fraction of sp³-hybridized carbons (Fsp3) is 0.389. The van der Waals surface area contributed by atoms with Crippen LogP contribution in [0.25, 0.3) is 10.8 Å². The molecule has 2 heteroatoms.